The van der Waals surface area contributed by atoms with Crippen molar-refractivity contribution in [2.24, 2.45) is 0 Å². The van der Waals surface area contributed by atoms with Gasteiger partial charge in [-0.3, -0.25) is 0 Å². The van der Waals surface area contributed by atoms with E-state index in [1.807, 2.05) is 24.3 Å². The molecule has 0 bridgehead atoms. The van der Waals surface area contributed by atoms with Crippen molar-refractivity contribution in [3.05, 3.63) is 51.4 Å². The summed E-state index contributed by atoms with van der Waals surface area (Å²) in [7, 11) is 0. The number of nitrogens with one attached hydrogen (secondary N) is 1. The van der Waals surface area contributed by atoms with E-state index in [1.165, 1.54) is 22.7 Å². The molecule has 0 amide bonds. The lowest BCUT2D eigenvalue weighted by molar-refractivity contribution is 0.598. The van der Waals surface area contributed by atoms with Crippen LogP contribution in [-0.4, -0.2) is 12.3 Å². The van der Waals surface area contributed by atoms with Crippen molar-refractivity contribution >= 4 is 34.7 Å². The monoisotopic (exact) mass is 315 g/mol. The first kappa shape index (κ1) is 14.9. The van der Waals surface area contributed by atoms with Gasteiger partial charge in [-0.25, -0.2) is 4.39 Å². The van der Waals surface area contributed by atoms with Crippen LogP contribution in [0.4, 0.5) is 4.39 Å². The fraction of sp³-hybridized carbons (Fsp3) is 0.286. The Morgan fingerprint density at radius 2 is 2.11 bits per heavy atom. The highest BCUT2D eigenvalue weighted by Crippen LogP contribution is 2.31. The number of benzene rings is 1. The first-order valence-corrected chi connectivity index (χ1v) is 8.24. The van der Waals surface area contributed by atoms with E-state index in [9.17, 15) is 4.39 Å². The van der Waals surface area contributed by atoms with Gasteiger partial charge in [0.25, 0.3) is 0 Å². The molecule has 0 saturated heterocycles. The Bertz CT molecular complexity index is 530. The summed E-state index contributed by atoms with van der Waals surface area (Å²) in [6.45, 7) is 2.94. The molecule has 2 rings (SSSR count). The third-order valence-corrected chi connectivity index (χ3v) is 5.12. The molecule has 19 heavy (non-hydrogen) atoms. The summed E-state index contributed by atoms with van der Waals surface area (Å²) >= 11 is 9.07. The molecule has 0 fully saturated rings. The molecule has 0 aliphatic heterocycles. The fourth-order valence-corrected chi connectivity index (χ4v) is 4.00. The van der Waals surface area contributed by atoms with Crippen molar-refractivity contribution in [2.75, 3.05) is 12.3 Å². The van der Waals surface area contributed by atoms with E-state index in [0.29, 0.717) is 4.90 Å². The third-order valence-electron chi connectivity index (χ3n) is 2.63. The molecule has 0 radical (unpaired) electrons. The van der Waals surface area contributed by atoms with Crippen molar-refractivity contribution in [1.82, 2.24) is 5.32 Å². The molecule has 1 heterocycles. The summed E-state index contributed by atoms with van der Waals surface area (Å²) < 4.78 is 14.4. The normalized spacial score (nSPS) is 12.6. The van der Waals surface area contributed by atoms with Gasteiger partial charge in [-0.1, -0.05) is 30.7 Å². The van der Waals surface area contributed by atoms with E-state index in [4.69, 9.17) is 11.6 Å². The van der Waals surface area contributed by atoms with Crippen molar-refractivity contribution in [1.29, 1.82) is 0 Å². The van der Waals surface area contributed by atoms with Gasteiger partial charge in [0.2, 0.25) is 0 Å². The van der Waals surface area contributed by atoms with Crippen LogP contribution < -0.4 is 5.32 Å². The minimum absolute atomic E-state index is 0.160. The maximum Gasteiger partial charge on any atom is 0.136 e. The summed E-state index contributed by atoms with van der Waals surface area (Å²) in [5.41, 5.74) is 0. The third kappa shape index (κ3) is 4.21. The molecule has 1 aromatic carbocycles. The van der Waals surface area contributed by atoms with Gasteiger partial charge in [-0.05, 0) is 30.8 Å². The predicted molar refractivity (Wildman–Crippen MR) is 82.9 cm³/mol. The summed E-state index contributed by atoms with van der Waals surface area (Å²) in [5, 5.41) is 3.41. The Morgan fingerprint density at radius 1 is 1.32 bits per heavy atom. The van der Waals surface area contributed by atoms with Crippen LogP contribution in [0.1, 0.15) is 17.8 Å². The molecule has 1 atom stereocenters. The Morgan fingerprint density at radius 3 is 2.74 bits per heavy atom. The zero-order chi connectivity index (χ0) is 13.7. The number of hydrogen-bond acceptors (Lipinski definition) is 3. The second-order valence-electron chi connectivity index (χ2n) is 3.99. The smallest absolute Gasteiger partial charge is 0.136 e. The van der Waals surface area contributed by atoms with Crippen LogP contribution in [0, 0.1) is 5.82 Å². The highest BCUT2D eigenvalue weighted by Gasteiger charge is 2.14. The van der Waals surface area contributed by atoms with Crippen LogP contribution in [-0.2, 0) is 0 Å². The first-order valence-electron chi connectivity index (χ1n) is 6.06. The number of thiophene rings is 1. The molecule has 2 aromatic rings. The van der Waals surface area contributed by atoms with Gasteiger partial charge < -0.3 is 5.32 Å². The van der Waals surface area contributed by atoms with E-state index in [0.717, 1.165) is 16.6 Å². The van der Waals surface area contributed by atoms with Crippen molar-refractivity contribution in [2.45, 2.75) is 17.9 Å². The van der Waals surface area contributed by atoms with E-state index in [1.54, 1.807) is 17.4 Å². The van der Waals surface area contributed by atoms with E-state index in [-0.39, 0.29) is 11.9 Å². The molecule has 0 aliphatic carbocycles. The SMILES string of the molecule is CCNC(CSc1ccccc1F)c1ccc(Cl)s1. The molecule has 0 aliphatic rings. The Balaban J connectivity index is 2.03. The zero-order valence-electron chi connectivity index (χ0n) is 10.5. The van der Waals surface area contributed by atoms with Gasteiger partial charge in [0.1, 0.15) is 5.82 Å². The highest BCUT2D eigenvalue weighted by atomic mass is 35.5. The average Bonchev–Trinajstić information content (AvgIpc) is 2.83. The maximum atomic E-state index is 13.6. The lowest BCUT2D eigenvalue weighted by Gasteiger charge is -2.16. The first-order chi connectivity index (χ1) is 9.20. The van der Waals surface area contributed by atoms with Crippen molar-refractivity contribution in [3.8, 4) is 0 Å². The van der Waals surface area contributed by atoms with Gasteiger partial charge in [0.15, 0.2) is 0 Å². The van der Waals surface area contributed by atoms with E-state index < -0.39 is 0 Å². The number of thioether (sulfide) groups is 1. The predicted octanol–water partition coefficient (Wildman–Crippen LogP) is 4.98. The fourth-order valence-electron chi connectivity index (χ4n) is 1.74. The molecule has 5 heteroatoms. The number of hydrogen-bond donors (Lipinski definition) is 1. The van der Waals surface area contributed by atoms with E-state index in [2.05, 4.69) is 12.2 Å². The molecular weight excluding hydrogens is 301 g/mol. The van der Waals surface area contributed by atoms with Crippen LogP contribution in [0.5, 0.6) is 0 Å². The Hall–Kier alpha value is -0.550. The van der Waals surface area contributed by atoms with Gasteiger partial charge in [0.05, 0.1) is 10.4 Å². The van der Waals surface area contributed by atoms with Crippen LogP contribution in [0.3, 0.4) is 0 Å². The quantitative estimate of drug-likeness (QED) is 0.754. The molecule has 102 valence electrons. The Labute approximate surface area is 126 Å². The molecule has 0 spiro atoms. The van der Waals surface area contributed by atoms with Crippen LogP contribution in [0.2, 0.25) is 4.34 Å². The number of halogens is 2. The molecule has 1 aromatic heterocycles. The summed E-state index contributed by atoms with van der Waals surface area (Å²) in [5.74, 6) is 0.623. The van der Waals surface area contributed by atoms with Crippen LogP contribution in [0.25, 0.3) is 0 Å². The second-order valence-corrected chi connectivity index (χ2v) is 6.80. The van der Waals surface area contributed by atoms with Gasteiger partial charge in [-0.15, -0.1) is 23.1 Å². The van der Waals surface area contributed by atoms with Gasteiger partial charge in [-0.2, -0.15) is 0 Å². The highest BCUT2D eigenvalue weighted by molar-refractivity contribution is 7.99. The van der Waals surface area contributed by atoms with Gasteiger partial charge >= 0.3 is 0 Å². The summed E-state index contributed by atoms with van der Waals surface area (Å²) in [4.78, 5) is 1.88. The largest absolute Gasteiger partial charge is 0.309 e. The lowest BCUT2D eigenvalue weighted by Crippen LogP contribution is -2.22. The lowest BCUT2D eigenvalue weighted by atomic mass is 10.3. The molecular formula is C14H15ClFNS2. The second kappa shape index (κ2) is 7.29. The Kier molecular flexibility index (Phi) is 5.70. The topological polar surface area (TPSA) is 12.0 Å². The van der Waals surface area contributed by atoms with Crippen LogP contribution >= 0.6 is 34.7 Å². The minimum atomic E-state index is -0.160. The van der Waals surface area contributed by atoms with Crippen LogP contribution in [0.15, 0.2) is 41.3 Å². The molecule has 1 unspecified atom stereocenters. The standard InChI is InChI=1S/C14H15ClFNS2/c1-2-17-11(13-7-8-14(15)19-13)9-18-12-6-4-3-5-10(12)16/h3-8,11,17H,2,9H2,1H3. The minimum Gasteiger partial charge on any atom is -0.309 e. The molecule has 0 saturated carbocycles. The summed E-state index contributed by atoms with van der Waals surface area (Å²) in [6.07, 6.45) is 0. The van der Waals surface area contributed by atoms with Crippen molar-refractivity contribution in [3.63, 3.8) is 0 Å². The van der Waals surface area contributed by atoms with E-state index >= 15 is 0 Å². The average molecular weight is 316 g/mol. The van der Waals surface area contributed by atoms with Crippen molar-refractivity contribution < 1.29 is 4.39 Å². The van der Waals surface area contributed by atoms with Gasteiger partial charge in [0, 0.05) is 15.5 Å². The maximum absolute atomic E-state index is 13.6. The number of rotatable bonds is 6. The summed E-state index contributed by atoms with van der Waals surface area (Å²) in [6, 6.07) is 11.0. The zero-order valence-corrected chi connectivity index (χ0v) is 12.9. The molecule has 1 N–H and O–H groups in total. The molecule has 1 nitrogen and oxygen atoms in total.